The van der Waals surface area contributed by atoms with Gasteiger partial charge in [-0.1, -0.05) is 18.2 Å². The second-order valence-electron chi connectivity index (χ2n) is 6.20. The maximum absolute atomic E-state index is 3.66. The average Bonchev–Trinajstić information content (AvgIpc) is 2.80. The number of hydrogen-bond donors (Lipinski definition) is 1. The molecule has 3 heteroatoms. The lowest BCUT2D eigenvalue weighted by Crippen LogP contribution is -2.47. The van der Waals surface area contributed by atoms with Crippen molar-refractivity contribution in [3.8, 4) is 0 Å². The van der Waals surface area contributed by atoms with Crippen LogP contribution < -0.4 is 5.32 Å². The summed E-state index contributed by atoms with van der Waals surface area (Å²) in [6.45, 7) is 3.63. The molecule has 2 unspecified atom stereocenters. The Labute approximate surface area is 116 Å². The van der Waals surface area contributed by atoms with Gasteiger partial charge in [-0.05, 0) is 51.5 Å². The van der Waals surface area contributed by atoms with Gasteiger partial charge in [0.2, 0.25) is 0 Å². The Balaban J connectivity index is 1.55. The van der Waals surface area contributed by atoms with E-state index in [1.807, 2.05) is 0 Å². The molecule has 2 aliphatic rings. The SMILES string of the molecule is CN1CCCC(N(C)CC2Cc3ccccc3N2)C1. The predicted molar refractivity (Wildman–Crippen MR) is 80.7 cm³/mol. The fraction of sp³-hybridized carbons (Fsp3) is 0.625. The first kappa shape index (κ1) is 12.9. The first-order valence-electron chi connectivity index (χ1n) is 7.45. The molecule has 3 nitrogen and oxygen atoms in total. The molecule has 1 aromatic rings. The van der Waals surface area contributed by atoms with Crippen molar-refractivity contribution in [3.05, 3.63) is 29.8 Å². The molecule has 1 fully saturated rings. The lowest BCUT2D eigenvalue weighted by Gasteiger charge is -2.37. The van der Waals surface area contributed by atoms with E-state index in [0.717, 1.165) is 12.6 Å². The summed E-state index contributed by atoms with van der Waals surface area (Å²) in [5.74, 6) is 0. The molecule has 1 N–H and O–H groups in total. The van der Waals surface area contributed by atoms with Gasteiger partial charge in [-0.15, -0.1) is 0 Å². The molecule has 2 heterocycles. The van der Waals surface area contributed by atoms with Crippen molar-refractivity contribution in [2.24, 2.45) is 0 Å². The van der Waals surface area contributed by atoms with Gasteiger partial charge >= 0.3 is 0 Å². The minimum atomic E-state index is 0.578. The van der Waals surface area contributed by atoms with E-state index in [2.05, 4.69) is 53.5 Å². The first-order valence-corrected chi connectivity index (χ1v) is 7.45. The molecule has 104 valence electrons. The summed E-state index contributed by atoms with van der Waals surface area (Å²) in [5.41, 5.74) is 2.81. The van der Waals surface area contributed by atoms with E-state index in [1.54, 1.807) is 0 Å². The Bertz CT molecular complexity index is 407. The Kier molecular flexibility index (Phi) is 3.76. The molecule has 0 aliphatic carbocycles. The molecule has 2 aliphatic heterocycles. The zero-order chi connectivity index (χ0) is 13.2. The lowest BCUT2D eigenvalue weighted by atomic mass is 10.0. The van der Waals surface area contributed by atoms with E-state index in [1.165, 1.54) is 43.6 Å². The number of piperidine rings is 1. The molecule has 0 amide bonds. The van der Waals surface area contributed by atoms with Gasteiger partial charge in [-0.25, -0.2) is 0 Å². The molecule has 2 atom stereocenters. The second kappa shape index (κ2) is 5.51. The van der Waals surface area contributed by atoms with E-state index in [0.29, 0.717) is 6.04 Å². The monoisotopic (exact) mass is 259 g/mol. The van der Waals surface area contributed by atoms with Crippen molar-refractivity contribution >= 4 is 5.69 Å². The summed E-state index contributed by atoms with van der Waals surface area (Å²) in [6.07, 6.45) is 3.85. The maximum atomic E-state index is 3.66. The lowest BCUT2D eigenvalue weighted by molar-refractivity contribution is 0.131. The van der Waals surface area contributed by atoms with Crippen molar-refractivity contribution in [1.82, 2.24) is 9.80 Å². The standard InChI is InChI=1S/C16H25N3/c1-18-9-5-7-15(12-18)19(2)11-14-10-13-6-3-4-8-16(13)17-14/h3-4,6,8,14-15,17H,5,7,9-12H2,1-2H3. The molecule has 0 saturated carbocycles. The fourth-order valence-corrected chi connectivity index (χ4v) is 3.48. The minimum absolute atomic E-state index is 0.578. The second-order valence-corrected chi connectivity index (χ2v) is 6.20. The largest absolute Gasteiger partial charge is 0.380 e. The van der Waals surface area contributed by atoms with Crippen LogP contribution in [0.15, 0.2) is 24.3 Å². The Hall–Kier alpha value is -1.06. The van der Waals surface area contributed by atoms with Gasteiger partial charge in [-0.3, -0.25) is 0 Å². The molecule has 1 aromatic carbocycles. The highest BCUT2D eigenvalue weighted by atomic mass is 15.2. The number of para-hydroxylation sites is 1. The highest BCUT2D eigenvalue weighted by Gasteiger charge is 2.26. The maximum Gasteiger partial charge on any atom is 0.0429 e. The van der Waals surface area contributed by atoms with Crippen molar-refractivity contribution in [2.45, 2.75) is 31.3 Å². The number of likely N-dealkylation sites (N-methyl/N-ethyl adjacent to an activating group) is 2. The summed E-state index contributed by atoms with van der Waals surface area (Å²) in [7, 11) is 4.53. The zero-order valence-electron chi connectivity index (χ0n) is 12.1. The third kappa shape index (κ3) is 2.93. The zero-order valence-corrected chi connectivity index (χ0v) is 12.1. The number of hydrogen-bond acceptors (Lipinski definition) is 3. The van der Waals surface area contributed by atoms with Crippen LogP contribution in [-0.4, -0.2) is 55.6 Å². The highest BCUT2D eigenvalue weighted by Crippen LogP contribution is 2.26. The van der Waals surface area contributed by atoms with E-state index in [9.17, 15) is 0 Å². The molecule has 19 heavy (non-hydrogen) atoms. The Morgan fingerprint density at radius 1 is 1.37 bits per heavy atom. The highest BCUT2D eigenvalue weighted by molar-refractivity contribution is 5.56. The van der Waals surface area contributed by atoms with E-state index >= 15 is 0 Å². The molecular formula is C16H25N3. The summed E-state index contributed by atoms with van der Waals surface area (Å²) in [6, 6.07) is 10.0. The van der Waals surface area contributed by atoms with Gasteiger partial charge in [-0.2, -0.15) is 0 Å². The van der Waals surface area contributed by atoms with Crippen LogP contribution in [0.1, 0.15) is 18.4 Å². The normalized spacial score (nSPS) is 27.3. The number of anilines is 1. The number of nitrogens with zero attached hydrogens (tertiary/aromatic N) is 2. The third-order valence-electron chi connectivity index (χ3n) is 4.57. The van der Waals surface area contributed by atoms with Gasteiger partial charge in [0.15, 0.2) is 0 Å². The third-order valence-corrected chi connectivity index (χ3v) is 4.57. The van der Waals surface area contributed by atoms with Crippen molar-refractivity contribution in [2.75, 3.05) is 39.0 Å². The van der Waals surface area contributed by atoms with E-state index in [4.69, 9.17) is 0 Å². The van der Waals surface area contributed by atoms with Crippen molar-refractivity contribution < 1.29 is 0 Å². The topological polar surface area (TPSA) is 18.5 Å². The molecular weight excluding hydrogens is 234 g/mol. The van der Waals surface area contributed by atoms with Crippen molar-refractivity contribution in [3.63, 3.8) is 0 Å². The van der Waals surface area contributed by atoms with E-state index < -0.39 is 0 Å². The summed E-state index contributed by atoms with van der Waals surface area (Å²) >= 11 is 0. The number of nitrogens with one attached hydrogen (secondary N) is 1. The quantitative estimate of drug-likeness (QED) is 0.896. The number of rotatable bonds is 3. The molecule has 0 radical (unpaired) electrons. The number of fused-ring (bicyclic) bond motifs is 1. The van der Waals surface area contributed by atoms with Crippen LogP contribution in [-0.2, 0) is 6.42 Å². The fourth-order valence-electron chi connectivity index (χ4n) is 3.48. The minimum Gasteiger partial charge on any atom is -0.380 e. The van der Waals surface area contributed by atoms with Crippen molar-refractivity contribution in [1.29, 1.82) is 0 Å². The van der Waals surface area contributed by atoms with Gasteiger partial charge < -0.3 is 15.1 Å². The van der Waals surface area contributed by atoms with Crippen LogP contribution in [0.5, 0.6) is 0 Å². The molecule has 0 spiro atoms. The number of likely N-dealkylation sites (tertiary alicyclic amines) is 1. The Morgan fingerprint density at radius 2 is 2.21 bits per heavy atom. The summed E-state index contributed by atoms with van der Waals surface area (Å²) in [5, 5.41) is 3.66. The van der Waals surface area contributed by atoms with Crippen LogP contribution in [0.3, 0.4) is 0 Å². The van der Waals surface area contributed by atoms with Gasteiger partial charge in [0, 0.05) is 30.9 Å². The van der Waals surface area contributed by atoms with Crippen LogP contribution >= 0.6 is 0 Å². The Morgan fingerprint density at radius 3 is 3.00 bits per heavy atom. The van der Waals surface area contributed by atoms with E-state index in [-0.39, 0.29) is 0 Å². The summed E-state index contributed by atoms with van der Waals surface area (Å²) in [4.78, 5) is 5.01. The van der Waals surface area contributed by atoms with Gasteiger partial charge in [0.1, 0.15) is 0 Å². The molecule has 1 saturated heterocycles. The van der Waals surface area contributed by atoms with Crippen LogP contribution in [0, 0.1) is 0 Å². The van der Waals surface area contributed by atoms with Gasteiger partial charge in [0.05, 0.1) is 0 Å². The summed E-state index contributed by atoms with van der Waals surface area (Å²) < 4.78 is 0. The molecule has 0 aromatic heterocycles. The molecule has 3 rings (SSSR count). The van der Waals surface area contributed by atoms with Crippen LogP contribution in [0.25, 0.3) is 0 Å². The average molecular weight is 259 g/mol. The van der Waals surface area contributed by atoms with Crippen LogP contribution in [0.2, 0.25) is 0 Å². The smallest absolute Gasteiger partial charge is 0.0429 e. The molecule has 0 bridgehead atoms. The first-order chi connectivity index (χ1) is 9.22. The predicted octanol–water partition coefficient (Wildman–Crippen LogP) is 2.05. The number of benzene rings is 1. The van der Waals surface area contributed by atoms with Crippen LogP contribution in [0.4, 0.5) is 5.69 Å². The van der Waals surface area contributed by atoms with Gasteiger partial charge in [0.25, 0.3) is 0 Å².